The van der Waals surface area contributed by atoms with Crippen molar-refractivity contribution in [2.45, 2.75) is 26.4 Å². The third kappa shape index (κ3) is 3.77. The molecule has 0 unspecified atom stereocenters. The molecule has 0 amide bonds. The fraction of sp³-hybridized carbons (Fsp3) is 0.167. The number of nitrogens with zero attached hydrogens (tertiary/aromatic N) is 5. The zero-order valence-corrected chi connectivity index (χ0v) is 17.4. The van der Waals surface area contributed by atoms with E-state index in [-0.39, 0.29) is 6.04 Å². The van der Waals surface area contributed by atoms with Gasteiger partial charge in [-0.15, -0.1) is 0 Å². The highest BCUT2D eigenvalue weighted by atomic mass is 15.2. The van der Waals surface area contributed by atoms with E-state index in [0.717, 1.165) is 27.8 Å². The van der Waals surface area contributed by atoms with Crippen molar-refractivity contribution in [1.82, 2.24) is 24.5 Å². The van der Waals surface area contributed by atoms with Crippen LogP contribution in [0.25, 0.3) is 21.9 Å². The Balaban J connectivity index is 1.56. The number of pyridine rings is 1. The second-order valence-corrected chi connectivity index (χ2v) is 7.66. The number of hydrogen-bond acceptors (Lipinski definition) is 6. The molecule has 0 spiro atoms. The van der Waals surface area contributed by atoms with Crippen molar-refractivity contribution in [3.63, 3.8) is 0 Å². The van der Waals surface area contributed by atoms with E-state index in [9.17, 15) is 0 Å². The maximum Gasteiger partial charge on any atom is 0.232 e. The molecule has 0 fully saturated rings. The predicted molar refractivity (Wildman–Crippen MR) is 125 cm³/mol. The summed E-state index contributed by atoms with van der Waals surface area (Å²) in [4.78, 5) is 18.6. The van der Waals surface area contributed by atoms with Gasteiger partial charge >= 0.3 is 0 Å². The lowest BCUT2D eigenvalue weighted by Crippen LogP contribution is -2.08. The average Bonchev–Trinajstić information content (AvgIpc) is 3.23. The summed E-state index contributed by atoms with van der Waals surface area (Å²) in [6.45, 7) is 4.87. The first-order valence-corrected chi connectivity index (χ1v) is 10.3. The Morgan fingerprint density at radius 1 is 0.871 bits per heavy atom. The van der Waals surface area contributed by atoms with Gasteiger partial charge in [-0.3, -0.25) is 0 Å². The molecule has 2 N–H and O–H groups in total. The molecular weight excluding hydrogens is 386 g/mol. The van der Waals surface area contributed by atoms with E-state index in [2.05, 4.69) is 52.6 Å². The Kier molecular flexibility index (Phi) is 4.92. The molecule has 3 aromatic heterocycles. The van der Waals surface area contributed by atoms with Crippen LogP contribution in [0.5, 0.6) is 0 Å². The van der Waals surface area contributed by atoms with E-state index in [1.54, 1.807) is 6.20 Å². The van der Waals surface area contributed by atoms with Gasteiger partial charge in [0.05, 0.1) is 6.33 Å². The first kappa shape index (κ1) is 19.0. The summed E-state index contributed by atoms with van der Waals surface area (Å²) in [7, 11) is 0. The average molecular weight is 409 g/mol. The van der Waals surface area contributed by atoms with Gasteiger partial charge in [0.15, 0.2) is 17.0 Å². The Morgan fingerprint density at radius 3 is 2.52 bits per heavy atom. The maximum atomic E-state index is 4.77. The van der Waals surface area contributed by atoms with Crippen LogP contribution in [0.2, 0.25) is 0 Å². The van der Waals surface area contributed by atoms with Crippen LogP contribution in [0.1, 0.15) is 25.5 Å². The smallest absolute Gasteiger partial charge is 0.232 e. The zero-order valence-electron chi connectivity index (χ0n) is 17.4. The van der Waals surface area contributed by atoms with Crippen LogP contribution in [0.15, 0.2) is 73.2 Å². The molecule has 31 heavy (non-hydrogen) atoms. The number of rotatable bonds is 6. The zero-order chi connectivity index (χ0) is 21.2. The lowest BCUT2D eigenvalue weighted by atomic mass is 10.1. The molecule has 0 saturated carbocycles. The monoisotopic (exact) mass is 409 g/mol. The summed E-state index contributed by atoms with van der Waals surface area (Å²) in [5.41, 5.74) is 2.70. The Hall–Kier alpha value is -4.00. The molecule has 0 radical (unpaired) electrons. The van der Waals surface area contributed by atoms with Crippen molar-refractivity contribution in [2.24, 2.45) is 0 Å². The Bertz CT molecular complexity index is 1340. The molecule has 5 aromatic rings. The highest BCUT2D eigenvalue weighted by molar-refractivity contribution is 5.93. The molecule has 2 aromatic carbocycles. The highest BCUT2D eigenvalue weighted by Gasteiger charge is 2.16. The SMILES string of the molecule is CC(C)n1cnc2c(NCc3ccccc3)nc(Nc3nccc4ccccc34)nc21. The number of benzene rings is 2. The molecule has 7 nitrogen and oxygen atoms in total. The van der Waals surface area contributed by atoms with Crippen molar-refractivity contribution in [3.05, 3.63) is 78.8 Å². The molecule has 0 aliphatic rings. The van der Waals surface area contributed by atoms with Crippen LogP contribution >= 0.6 is 0 Å². The largest absolute Gasteiger partial charge is 0.364 e. The van der Waals surface area contributed by atoms with Gasteiger partial charge in [-0.05, 0) is 30.9 Å². The minimum Gasteiger partial charge on any atom is -0.364 e. The predicted octanol–water partition coefficient (Wildman–Crippen LogP) is 5.31. The van der Waals surface area contributed by atoms with Crippen LogP contribution in [0.4, 0.5) is 17.6 Å². The van der Waals surface area contributed by atoms with Crippen LogP contribution in [0, 0.1) is 0 Å². The molecule has 3 heterocycles. The van der Waals surface area contributed by atoms with Crippen molar-refractivity contribution in [1.29, 1.82) is 0 Å². The number of fused-ring (bicyclic) bond motifs is 2. The first-order valence-electron chi connectivity index (χ1n) is 10.3. The van der Waals surface area contributed by atoms with Crippen LogP contribution in [-0.2, 0) is 6.54 Å². The van der Waals surface area contributed by atoms with Gasteiger partial charge < -0.3 is 15.2 Å². The summed E-state index contributed by atoms with van der Waals surface area (Å²) in [5.74, 6) is 1.90. The Labute approximate surface area is 180 Å². The van der Waals surface area contributed by atoms with Gasteiger partial charge in [-0.2, -0.15) is 9.97 Å². The molecule has 0 aliphatic carbocycles. The molecule has 0 bridgehead atoms. The van der Waals surface area contributed by atoms with E-state index in [4.69, 9.17) is 9.97 Å². The van der Waals surface area contributed by atoms with Gasteiger partial charge in [0, 0.05) is 24.2 Å². The minimum absolute atomic E-state index is 0.227. The molecular formula is C24H23N7. The molecule has 0 saturated heterocycles. The molecule has 0 aliphatic heterocycles. The molecule has 0 atom stereocenters. The van der Waals surface area contributed by atoms with E-state index < -0.39 is 0 Å². The van der Waals surface area contributed by atoms with E-state index in [1.807, 2.05) is 53.4 Å². The highest BCUT2D eigenvalue weighted by Crippen LogP contribution is 2.27. The van der Waals surface area contributed by atoms with Gasteiger partial charge in [0.25, 0.3) is 0 Å². The van der Waals surface area contributed by atoms with Crippen LogP contribution in [-0.4, -0.2) is 24.5 Å². The summed E-state index contributed by atoms with van der Waals surface area (Å²) in [5, 5.41) is 8.88. The van der Waals surface area contributed by atoms with Crippen LogP contribution in [0.3, 0.4) is 0 Å². The molecule has 5 rings (SSSR count). The van der Waals surface area contributed by atoms with Crippen molar-refractivity contribution in [3.8, 4) is 0 Å². The van der Waals surface area contributed by atoms with E-state index in [0.29, 0.717) is 18.3 Å². The fourth-order valence-corrected chi connectivity index (χ4v) is 3.58. The third-order valence-electron chi connectivity index (χ3n) is 5.18. The van der Waals surface area contributed by atoms with E-state index in [1.165, 1.54) is 5.56 Å². The maximum absolute atomic E-state index is 4.77. The van der Waals surface area contributed by atoms with Gasteiger partial charge in [-0.25, -0.2) is 9.97 Å². The number of hydrogen-bond donors (Lipinski definition) is 2. The van der Waals surface area contributed by atoms with Gasteiger partial charge in [-0.1, -0.05) is 54.6 Å². The van der Waals surface area contributed by atoms with Crippen molar-refractivity contribution < 1.29 is 0 Å². The topological polar surface area (TPSA) is 80.5 Å². The summed E-state index contributed by atoms with van der Waals surface area (Å²) >= 11 is 0. The summed E-state index contributed by atoms with van der Waals surface area (Å²) in [6, 6.07) is 20.6. The Morgan fingerprint density at radius 2 is 1.68 bits per heavy atom. The number of anilines is 3. The number of imidazole rings is 1. The van der Waals surface area contributed by atoms with E-state index >= 15 is 0 Å². The van der Waals surface area contributed by atoms with Gasteiger partial charge in [0.1, 0.15) is 5.82 Å². The standard InChI is InChI=1S/C24H23N7/c1-16(2)31-15-27-20-22(26-14-17-8-4-3-5-9-17)29-24(30-23(20)31)28-21-19-11-7-6-10-18(19)12-13-25-21/h3-13,15-16H,14H2,1-2H3,(H2,25,26,28,29,30). The molecule has 154 valence electrons. The minimum atomic E-state index is 0.227. The fourth-order valence-electron chi connectivity index (χ4n) is 3.58. The third-order valence-corrected chi connectivity index (χ3v) is 5.18. The number of nitrogens with one attached hydrogen (secondary N) is 2. The summed E-state index contributed by atoms with van der Waals surface area (Å²) < 4.78 is 2.05. The lowest BCUT2D eigenvalue weighted by molar-refractivity contribution is 0.613. The van der Waals surface area contributed by atoms with Crippen LogP contribution < -0.4 is 10.6 Å². The first-order chi connectivity index (χ1) is 15.2. The van der Waals surface area contributed by atoms with Crippen molar-refractivity contribution >= 4 is 39.5 Å². The van der Waals surface area contributed by atoms with Crippen molar-refractivity contribution in [2.75, 3.05) is 10.6 Å². The normalized spacial score (nSPS) is 11.3. The number of aromatic nitrogens is 5. The lowest BCUT2D eigenvalue weighted by Gasteiger charge is -2.12. The van der Waals surface area contributed by atoms with Gasteiger partial charge in [0.2, 0.25) is 5.95 Å². The second-order valence-electron chi connectivity index (χ2n) is 7.66. The molecule has 7 heteroatoms. The second kappa shape index (κ2) is 8.02. The summed E-state index contributed by atoms with van der Waals surface area (Å²) in [6.07, 6.45) is 3.60. The quantitative estimate of drug-likeness (QED) is 0.395.